The molecule has 0 saturated heterocycles. The van der Waals surface area contributed by atoms with Gasteiger partial charge in [0, 0.05) is 32.8 Å². The van der Waals surface area contributed by atoms with Crippen LogP contribution in [0.1, 0.15) is 26.3 Å². The van der Waals surface area contributed by atoms with Crippen molar-refractivity contribution >= 4 is 38.3 Å². The van der Waals surface area contributed by atoms with Gasteiger partial charge in [-0.15, -0.1) is 58.3 Å². The quantitative estimate of drug-likeness (QED) is 0.174. The summed E-state index contributed by atoms with van der Waals surface area (Å²) < 4.78 is 2.25. The summed E-state index contributed by atoms with van der Waals surface area (Å²) in [6.45, 7) is 8.76. The minimum atomic E-state index is 0. The number of para-hydroxylation sites is 1. The monoisotopic (exact) mass is 700 g/mol. The molecule has 6 aromatic rings. The van der Waals surface area contributed by atoms with Gasteiger partial charge in [-0.1, -0.05) is 68.2 Å². The predicted molar refractivity (Wildman–Crippen MR) is 162 cm³/mol. The van der Waals surface area contributed by atoms with Gasteiger partial charge in [0.1, 0.15) is 5.82 Å². The summed E-state index contributed by atoms with van der Waals surface area (Å²) in [6.07, 6.45) is 6.01. The molecule has 0 unspecified atom stereocenters. The fraction of sp³-hybridized carbons (Fsp3) is 0.143. The molecule has 5 heteroatoms. The molecule has 0 saturated carbocycles. The van der Waals surface area contributed by atoms with Crippen LogP contribution in [-0.2, 0) is 26.5 Å². The summed E-state index contributed by atoms with van der Waals surface area (Å²) >= 11 is 0. The van der Waals surface area contributed by atoms with Crippen LogP contribution in [0.4, 0.5) is 5.69 Å². The average molecular weight is 701 g/mol. The van der Waals surface area contributed by atoms with Crippen LogP contribution in [0.5, 0.6) is 0 Å². The fourth-order valence-corrected chi connectivity index (χ4v) is 5.45. The van der Waals surface area contributed by atoms with Crippen LogP contribution in [0.15, 0.2) is 97.5 Å². The molecule has 0 radical (unpaired) electrons. The van der Waals surface area contributed by atoms with Gasteiger partial charge in [0.15, 0.2) is 0 Å². The van der Waals surface area contributed by atoms with Crippen LogP contribution in [-0.4, -0.2) is 21.5 Å². The second-order valence-electron chi connectivity index (χ2n) is 11.2. The number of rotatable bonds is 3. The van der Waals surface area contributed by atoms with Crippen molar-refractivity contribution in [2.45, 2.75) is 26.2 Å². The Hall–Kier alpha value is -3.88. The van der Waals surface area contributed by atoms with Gasteiger partial charge in [-0.25, -0.2) is 4.98 Å². The zero-order valence-electron chi connectivity index (χ0n) is 22.9. The van der Waals surface area contributed by atoms with E-state index >= 15 is 0 Å². The van der Waals surface area contributed by atoms with Gasteiger partial charge in [-0.05, 0) is 59.5 Å². The number of anilines is 1. The number of nitrogens with zero attached hydrogens (tertiary/aromatic N) is 4. The molecular formula is C35H29N4Pt-3. The molecule has 7 rings (SSSR count). The molecular weight excluding hydrogens is 671 g/mol. The van der Waals surface area contributed by atoms with Gasteiger partial charge in [0.2, 0.25) is 0 Å². The van der Waals surface area contributed by atoms with Crippen molar-refractivity contribution in [2.75, 3.05) is 11.9 Å². The van der Waals surface area contributed by atoms with Gasteiger partial charge in [-0.2, -0.15) is 6.67 Å². The predicted octanol–water partition coefficient (Wildman–Crippen LogP) is 8.24. The number of pyridine rings is 1. The average Bonchev–Trinajstić information content (AvgIpc) is 3.53. The third-order valence-electron chi connectivity index (χ3n) is 7.53. The van der Waals surface area contributed by atoms with Crippen LogP contribution in [0.3, 0.4) is 0 Å². The van der Waals surface area contributed by atoms with Gasteiger partial charge in [0.25, 0.3) is 0 Å². The normalized spacial score (nSPS) is 13.5. The molecule has 2 aromatic heterocycles. The smallest absolute Gasteiger partial charge is 0.136 e. The first-order chi connectivity index (χ1) is 18.9. The Balaban J connectivity index is 0.00000289. The van der Waals surface area contributed by atoms with Crippen molar-refractivity contribution in [3.8, 4) is 16.9 Å². The van der Waals surface area contributed by atoms with E-state index in [1.807, 2.05) is 24.3 Å². The number of hydrogen-bond donors (Lipinski definition) is 0. The van der Waals surface area contributed by atoms with E-state index in [0.29, 0.717) is 0 Å². The molecule has 3 heterocycles. The Kier molecular flexibility index (Phi) is 6.55. The molecule has 1 aliphatic rings. The van der Waals surface area contributed by atoms with Crippen LogP contribution in [0, 0.1) is 18.8 Å². The first-order valence-corrected chi connectivity index (χ1v) is 13.3. The van der Waals surface area contributed by atoms with Gasteiger partial charge >= 0.3 is 0 Å². The van der Waals surface area contributed by atoms with E-state index in [2.05, 4.69) is 134 Å². The molecule has 0 aliphatic carbocycles. The molecule has 0 amide bonds. The number of aromatic nitrogens is 2. The Morgan fingerprint density at radius 1 is 0.825 bits per heavy atom. The Morgan fingerprint density at radius 2 is 1.68 bits per heavy atom. The van der Waals surface area contributed by atoms with Gasteiger partial charge in [-0.3, -0.25) is 0 Å². The minimum absolute atomic E-state index is 0. The first-order valence-electron chi connectivity index (χ1n) is 13.3. The van der Waals surface area contributed by atoms with E-state index in [0.717, 1.165) is 44.4 Å². The Labute approximate surface area is 249 Å². The molecule has 40 heavy (non-hydrogen) atoms. The molecule has 1 aliphatic heterocycles. The van der Waals surface area contributed by atoms with Crippen LogP contribution < -0.4 is 4.90 Å². The van der Waals surface area contributed by atoms with Gasteiger partial charge < -0.3 is 14.4 Å². The molecule has 0 N–H and O–H groups in total. The Bertz CT molecular complexity index is 1910. The molecule has 4 aromatic carbocycles. The topological polar surface area (TPSA) is 24.3 Å². The molecule has 0 spiro atoms. The van der Waals surface area contributed by atoms with Crippen molar-refractivity contribution in [1.29, 1.82) is 0 Å². The van der Waals surface area contributed by atoms with Crippen LogP contribution in [0.2, 0.25) is 0 Å². The maximum atomic E-state index is 4.83. The maximum absolute atomic E-state index is 4.83. The number of fused-ring (bicyclic) bond motifs is 4. The SMILES string of the molecule is CN1C=CN(c2[c-]c3c(-c4[c-]c5c(cc4)c4ccccc4n5-c4cc(C(C)(C)C)ccn4)cccc3cc2)[CH-]1.[Pt]. The second-order valence-corrected chi connectivity index (χ2v) is 11.2. The summed E-state index contributed by atoms with van der Waals surface area (Å²) in [5.41, 5.74) is 6.60. The van der Waals surface area contributed by atoms with Crippen molar-refractivity contribution in [3.05, 3.63) is 122 Å². The van der Waals surface area contributed by atoms with E-state index in [4.69, 9.17) is 4.98 Å². The molecule has 0 fully saturated rings. The summed E-state index contributed by atoms with van der Waals surface area (Å²) in [7, 11) is 2.03. The summed E-state index contributed by atoms with van der Waals surface area (Å²) in [6, 6.07) is 35.5. The third-order valence-corrected chi connectivity index (χ3v) is 7.53. The zero-order valence-corrected chi connectivity index (χ0v) is 25.2. The minimum Gasteiger partial charge on any atom is -0.510 e. The van der Waals surface area contributed by atoms with Crippen molar-refractivity contribution < 1.29 is 21.1 Å². The third kappa shape index (κ3) is 4.41. The maximum Gasteiger partial charge on any atom is 0.136 e. The van der Waals surface area contributed by atoms with E-state index in [9.17, 15) is 0 Å². The number of benzene rings is 4. The molecule has 202 valence electrons. The molecule has 0 bridgehead atoms. The molecule has 0 atom stereocenters. The van der Waals surface area contributed by atoms with E-state index in [-0.39, 0.29) is 26.5 Å². The standard InChI is InChI=1S/C35H29N4.Pt/c1-35(2,3)26-16-17-36-34(21-26)39-32-11-6-5-9-29(32)30-15-13-25(20-33(30)39)28-10-7-8-24-12-14-27(22-31(24)28)38-19-18-37(4)23-38;/h5-19,21,23H,1-4H3;/q-3;. The van der Waals surface area contributed by atoms with E-state index in [1.54, 1.807) is 0 Å². The first kappa shape index (κ1) is 26.3. The van der Waals surface area contributed by atoms with Crippen LogP contribution >= 0.6 is 0 Å². The summed E-state index contributed by atoms with van der Waals surface area (Å²) in [4.78, 5) is 8.95. The van der Waals surface area contributed by atoms with Crippen molar-refractivity contribution in [2.24, 2.45) is 0 Å². The van der Waals surface area contributed by atoms with E-state index < -0.39 is 0 Å². The Morgan fingerprint density at radius 3 is 2.48 bits per heavy atom. The second kappa shape index (κ2) is 9.94. The largest absolute Gasteiger partial charge is 0.510 e. The van der Waals surface area contributed by atoms with E-state index in [1.165, 1.54) is 16.3 Å². The number of hydrogen-bond acceptors (Lipinski definition) is 3. The molecule has 4 nitrogen and oxygen atoms in total. The summed E-state index contributed by atoms with van der Waals surface area (Å²) in [5.74, 6) is 0.911. The zero-order chi connectivity index (χ0) is 26.7. The summed E-state index contributed by atoms with van der Waals surface area (Å²) in [5, 5.41) is 4.60. The van der Waals surface area contributed by atoms with Crippen molar-refractivity contribution in [3.63, 3.8) is 0 Å². The van der Waals surface area contributed by atoms with Gasteiger partial charge in [0.05, 0.1) is 0 Å². The van der Waals surface area contributed by atoms with Crippen LogP contribution in [0.25, 0.3) is 49.5 Å². The fourth-order valence-electron chi connectivity index (χ4n) is 5.45. The van der Waals surface area contributed by atoms with Crippen molar-refractivity contribution in [1.82, 2.24) is 14.5 Å².